The molecule has 0 aliphatic carbocycles. The Morgan fingerprint density at radius 3 is 2.38 bits per heavy atom. The molecule has 2 aliphatic rings. The highest BCUT2D eigenvalue weighted by Gasteiger charge is 2.34. The molecule has 2 aromatic carbocycles. The highest BCUT2D eigenvalue weighted by molar-refractivity contribution is 5.94. The van der Waals surface area contributed by atoms with Crippen molar-refractivity contribution in [2.24, 2.45) is 0 Å². The second-order valence-corrected chi connectivity index (χ2v) is 9.68. The predicted molar refractivity (Wildman–Crippen MR) is 143 cm³/mol. The summed E-state index contributed by atoms with van der Waals surface area (Å²) in [5.74, 6) is 2.59. The summed E-state index contributed by atoms with van der Waals surface area (Å²) in [6.07, 6.45) is 1.84. The number of ether oxygens (including phenoxy) is 1. The molecule has 1 fully saturated rings. The number of aryl methyl sites for hydroxylation is 2. The molecule has 5 aromatic rings. The summed E-state index contributed by atoms with van der Waals surface area (Å²) >= 11 is 0. The van der Waals surface area contributed by atoms with Crippen molar-refractivity contribution in [3.05, 3.63) is 84.0 Å². The highest BCUT2D eigenvalue weighted by Crippen LogP contribution is 2.45. The van der Waals surface area contributed by atoms with Gasteiger partial charge in [0.15, 0.2) is 5.75 Å². The monoisotopic (exact) mass is 492 g/mol. The van der Waals surface area contributed by atoms with Crippen molar-refractivity contribution < 1.29 is 9.26 Å². The molecule has 1 saturated heterocycles. The van der Waals surface area contributed by atoms with Crippen LogP contribution in [0.5, 0.6) is 5.75 Å². The zero-order chi connectivity index (χ0) is 24.9. The number of para-hydroxylation sites is 1. The van der Waals surface area contributed by atoms with E-state index in [0.29, 0.717) is 6.61 Å². The summed E-state index contributed by atoms with van der Waals surface area (Å²) in [5, 5.41) is 4.19. The minimum atomic E-state index is -0.0687. The average Bonchev–Trinajstić information content (AvgIpc) is 3.51. The van der Waals surface area contributed by atoms with E-state index >= 15 is 0 Å². The Hall–Kier alpha value is -4.33. The summed E-state index contributed by atoms with van der Waals surface area (Å²) in [4.78, 5) is 14.7. The topological polar surface area (TPSA) is 72.5 Å². The number of hydrogen-bond donors (Lipinski definition) is 0. The van der Waals surface area contributed by atoms with Gasteiger partial charge < -0.3 is 19.1 Å². The molecule has 3 aromatic heterocycles. The molecule has 0 radical (unpaired) electrons. The maximum absolute atomic E-state index is 6.51. The van der Waals surface area contributed by atoms with Crippen LogP contribution in [0.4, 0.5) is 11.6 Å². The van der Waals surface area contributed by atoms with Crippen LogP contribution in [0.2, 0.25) is 0 Å². The molecule has 2 aliphatic heterocycles. The van der Waals surface area contributed by atoms with Gasteiger partial charge in [-0.3, -0.25) is 9.55 Å². The molecule has 5 heterocycles. The molecular formula is C29H28N6O2. The number of nitrogens with zero attached hydrogens (tertiary/aromatic N) is 6. The van der Waals surface area contributed by atoms with E-state index in [-0.39, 0.29) is 6.04 Å². The molecule has 0 spiro atoms. The Labute approximate surface area is 215 Å². The quantitative estimate of drug-likeness (QED) is 0.349. The van der Waals surface area contributed by atoms with Crippen LogP contribution in [0.25, 0.3) is 22.2 Å². The van der Waals surface area contributed by atoms with Crippen molar-refractivity contribution in [1.82, 2.24) is 19.7 Å². The highest BCUT2D eigenvalue weighted by atomic mass is 16.5. The third-order valence-electron chi connectivity index (χ3n) is 7.50. The zero-order valence-electron chi connectivity index (χ0n) is 21.0. The number of pyridine rings is 1. The van der Waals surface area contributed by atoms with Gasteiger partial charge in [-0.25, -0.2) is 4.98 Å². The van der Waals surface area contributed by atoms with Gasteiger partial charge in [-0.1, -0.05) is 29.4 Å². The first-order valence-electron chi connectivity index (χ1n) is 12.8. The molecule has 0 amide bonds. The van der Waals surface area contributed by atoms with Crippen molar-refractivity contribution >= 4 is 22.7 Å². The summed E-state index contributed by atoms with van der Waals surface area (Å²) in [6, 6.07) is 20.8. The van der Waals surface area contributed by atoms with Crippen molar-refractivity contribution in [2.75, 3.05) is 42.6 Å². The Morgan fingerprint density at radius 2 is 1.65 bits per heavy atom. The zero-order valence-corrected chi connectivity index (χ0v) is 21.0. The molecule has 1 atom stereocenters. The third kappa shape index (κ3) is 3.55. The van der Waals surface area contributed by atoms with Crippen LogP contribution in [0.3, 0.4) is 0 Å². The molecule has 8 heteroatoms. The fraction of sp³-hybridized carbons (Fsp3) is 0.276. The van der Waals surface area contributed by atoms with Crippen molar-refractivity contribution in [3.63, 3.8) is 0 Å². The summed E-state index contributed by atoms with van der Waals surface area (Å²) < 4.78 is 14.3. The van der Waals surface area contributed by atoms with Crippen LogP contribution in [-0.2, 0) is 0 Å². The van der Waals surface area contributed by atoms with E-state index in [0.717, 1.165) is 77.2 Å². The normalized spacial score (nSPS) is 17.3. The van der Waals surface area contributed by atoms with Crippen LogP contribution in [-0.4, -0.2) is 52.5 Å². The van der Waals surface area contributed by atoms with Crippen molar-refractivity contribution in [1.29, 1.82) is 0 Å². The summed E-state index contributed by atoms with van der Waals surface area (Å²) in [6.45, 7) is 8.05. The van der Waals surface area contributed by atoms with Crippen molar-refractivity contribution in [2.45, 2.75) is 19.9 Å². The molecule has 8 nitrogen and oxygen atoms in total. The number of aromatic nitrogens is 4. The van der Waals surface area contributed by atoms with Gasteiger partial charge >= 0.3 is 0 Å². The first-order chi connectivity index (χ1) is 18.2. The van der Waals surface area contributed by atoms with E-state index in [2.05, 4.69) is 68.1 Å². The number of piperazine rings is 1. The largest absolute Gasteiger partial charge is 0.488 e. The Bertz CT molecular complexity index is 1550. The number of hydrogen-bond acceptors (Lipinski definition) is 7. The maximum atomic E-state index is 6.51. The minimum absolute atomic E-state index is 0.0687. The summed E-state index contributed by atoms with van der Waals surface area (Å²) in [5.41, 5.74) is 6.99. The Kier molecular flexibility index (Phi) is 5.13. The average molecular weight is 493 g/mol. The number of rotatable bonds is 4. The van der Waals surface area contributed by atoms with Gasteiger partial charge in [0, 0.05) is 43.6 Å². The lowest BCUT2D eigenvalue weighted by atomic mass is 10.0. The molecule has 7 rings (SSSR count). The molecule has 37 heavy (non-hydrogen) atoms. The van der Waals surface area contributed by atoms with Gasteiger partial charge in [0.2, 0.25) is 5.95 Å². The van der Waals surface area contributed by atoms with Crippen LogP contribution in [0.1, 0.15) is 23.2 Å². The molecule has 0 saturated carbocycles. The SMILES string of the molecule is Cc1noc(C)c1-c1ccc2nc(N3CCN(c4ccccc4)CC3)n3c2c1OC[C@@H]3c1ccccn1. The predicted octanol–water partition coefficient (Wildman–Crippen LogP) is 5.01. The lowest BCUT2D eigenvalue weighted by molar-refractivity contribution is 0.257. The fourth-order valence-corrected chi connectivity index (χ4v) is 5.71. The Morgan fingerprint density at radius 1 is 0.865 bits per heavy atom. The van der Waals surface area contributed by atoms with Gasteiger partial charge in [-0.2, -0.15) is 0 Å². The van der Waals surface area contributed by atoms with Crippen LogP contribution < -0.4 is 14.5 Å². The van der Waals surface area contributed by atoms with E-state index in [1.807, 2.05) is 32.2 Å². The lowest BCUT2D eigenvalue weighted by Crippen LogP contribution is -2.47. The van der Waals surface area contributed by atoms with Crippen molar-refractivity contribution in [3.8, 4) is 16.9 Å². The van der Waals surface area contributed by atoms with Crippen LogP contribution in [0.15, 0.2) is 71.4 Å². The molecule has 0 N–H and O–H groups in total. The first kappa shape index (κ1) is 21.9. The van der Waals surface area contributed by atoms with Crippen LogP contribution in [0, 0.1) is 13.8 Å². The lowest BCUT2D eigenvalue weighted by Gasteiger charge is -2.38. The van der Waals surface area contributed by atoms with E-state index in [1.54, 1.807) is 0 Å². The van der Waals surface area contributed by atoms with E-state index in [9.17, 15) is 0 Å². The first-order valence-corrected chi connectivity index (χ1v) is 12.8. The smallest absolute Gasteiger partial charge is 0.207 e. The van der Waals surface area contributed by atoms with Gasteiger partial charge in [-0.15, -0.1) is 0 Å². The summed E-state index contributed by atoms with van der Waals surface area (Å²) in [7, 11) is 0. The van der Waals surface area contributed by atoms with Gasteiger partial charge in [0.05, 0.1) is 22.5 Å². The van der Waals surface area contributed by atoms with E-state index in [1.165, 1.54) is 5.69 Å². The third-order valence-corrected chi connectivity index (χ3v) is 7.50. The molecule has 186 valence electrons. The van der Waals surface area contributed by atoms with E-state index in [4.69, 9.17) is 19.2 Å². The second kappa shape index (κ2) is 8.65. The molecular weight excluding hydrogens is 464 g/mol. The number of imidazole rings is 1. The molecule has 0 bridgehead atoms. The number of anilines is 2. The van der Waals surface area contributed by atoms with Gasteiger partial charge in [0.1, 0.15) is 23.9 Å². The maximum Gasteiger partial charge on any atom is 0.207 e. The Balaban J connectivity index is 1.35. The van der Waals surface area contributed by atoms with Gasteiger partial charge in [-0.05, 0) is 50.2 Å². The minimum Gasteiger partial charge on any atom is -0.488 e. The standard InChI is InChI=1S/C29H28N6O2/c1-19-26(20(2)37-32-19)22-11-12-24-27-28(22)36-18-25(23-10-6-7-13-30-23)35(27)29(31-24)34-16-14-33(15-17-34)21-8-4-3-5-9-21/h3-13,25H,14-18H2,1-2H3/t25-/m1/s1. The molecule has 0 unspecified atom stereocenters. The van der Waals surface area contributed by atoms with Gasteiger partial charge in [0.25, 0.3) is 0 Å². The fourth-order valence-electron chi connectivity index (χ4n) is 5.71. The van der Waals surface area contributed by atoms with Crippen LogP contribution >= 0.6 is 0 Å². The second-order valence-electron chi connectivity index (χ2n) is 9.68. The van der Waals surface area contributed by atoms with E-state index < -0.39 is 0 Å². The number of benzene rings is 2.